The number of thiocarbonyl (C=S) groups is 1. The van der Waals surface area contributed by atoms with E-state index < -0.39 is 0 Å². The van der Waals surface area contributed by atoms with Crippen molar-refractivity contribution in [2.24, 2.45) is 11.7 Å². The Morgan fingerprint density at radius 2 is 1.89 bits per heavy atom. The van der Waals surface area contributed by atoms with Crippen molar-refractivity contribution < 1.29 is 4.79 Å². The summed E-state index contributed by atoms with van der Waals surface area (Å²) in [5.41, 5.74) is 5.85. The molecule has 0 bridgehead atoms. The van der Waals surface area contributed by atoms with Gasteiger partial charge < -0.3 is 10.6 Å². The van der Waals surface area contributed by atoms with E-state index in [1.165, 1.54) is 0 Å². The fourth-order valence-electron chi connectivity index (χ4n) is 2.54. The van der Waals surface area contributed by atoms with Crippen LogP contribution in [0.4, 0.5) is 0 Å². The first kappa shape index (κ1) is 15.8. The highest BCUT2D eigenvalue weighted by molar-refractivity contribution is 8.02. The quantitative estimate of drug-likeness (QED) is 0.789. The van der Waals surface area contributed by atoms with Gasteiger partial charge in [-0.15, -0.1) is 0 Å². The molecule has 0 atom stereocenters. The normalized spacial score (nSPS) is 19.0. The van der Waals surface area contributed by atoms with Gasteiger partial charge in [-0.1, -0.05) is 26.1 Å². The van der Waals surface area contributed by atoms with Gasteiger partial charge in [0.15, 0.2) is 0 Å². The second-order valence-electron chi connectivity index (χ2n) is 4.90. The van der Waals surface area contributed by atoms with Crippen molar-refractivity contribution in [2.45, 2.75) is 44.3 Å². The SMILES string of the molecule is CCC(CC)C(=O)N1CCC(SC)(C(N)=S)CC1. The molecular formula is C13H24N2OS2. The Hall–Kier alpha value is -0.290. The Morgan fingerprint density at radius 3 is 2.22 bits per heavy atom. The standard InChI is InChI=1S/C13H24N2OS2/c1-4-10(5-2)11(16)15-8-6-13(18-3,7-9-15)12(14)17/h10H,4-9H2,1-3H3,(H2,14,17). The minimum absolute atomic E-state index is 0.0972. The number of rotatable bonds is 5. The largest absolute Gasteiger partial charge is 0.392 e. The predicted molar refractivity (Wildman–Crippen MR) is 82.9 cm³/mol. The third-order valence-corrected chi connectivity index (χ3v) is 5.99. The zero-order valence-corrected chi connectivity index (χ0v) is 13.2. The van der Waals surface area contributed by atoms with Crippen LogP contribution < -0.4 is 5.73 Å². The first-order chi connectivity index (χ1) is 8.50. The summed E-state index contributed by atoms with van der Waals surface area (Å²) in [4.78, 5) is 14.9. The van der Waals surface area contributed by atoms with Gasteiger partial charge in [-0.25, -0.2) is 0 Å². The highest BCUT2D eigenvalue weighted by Crippen LogP contribution is 2.35. The first-order valence-electron chi connectivity index (χ1n) is 6.64. The lowest BCUT2D eigenvalue weighted by atomic mass is 9.93. The van der Waals surface area contributed by atoms with Gasteiger partial charge in [-0.3, -0.25) is 4.79 Å². The van der Waals surface area contributed by atoms with Crippen molar-refractivity contribution in [2.75, 3.05) is 19.3 Å². The van der Waals surface area contributed by atoms with Crippen molar-refractivity contribution in [1.82, 2.24) is 4.90 Å². The molecule has 2 N–H and O–H groups in total. The summed E-state index contributed by atoms with van der Waals surface area (Å²) in [5.74, 6) is 0.481. The highest BCUT2D eigenvalue weighted by atomic mass is 32.2. The average molecular weight is 288 g/mol. The van der Waals surface area contributed by atoms with Gasteiger partial charge in [0.2, 0.25) is 5.91 Å². The summed E-state index contributed by atoms with van der Waals surface area (Å²) in [6, 6.07) is 0. The molecule has 5 heteroatoms. The van der Waals surface area contributed by atoms with Crippen LogP contribution in [-0.4, -0.2) is 39.9 Å². The third-order valence-electron chi connectivity index (χ3n) is 4.06. The molecule has 0 aromatic rings. The molecule has 0 aromatic carbocycles. The molecule has 1 heterocycles. The molecule has 0 saturated carbocycles. The molecule has 1 fully saturated rings. The Kier molecular flexibility index (Phi) is 5.92. The number of piperidine rings is 1. The van der Waals surface area contributed by atoms with E-state index in [-0.39, 0.29) is 10.7 Å². The molecule has 0 aromatic heterocycles. The van der Waals surface area contributed by atoms with E-state index in [0.29, 0.717) is 10.9 Å². The summed E-state index contributed by atoms with van der Waals surface area (Å²) in [5, 5.41) is 0. The summed E-state index contributed by atoms with van der Waals surface area (Å²) in [6.07, 6.45) is 5.67. The fourth-order valence-corrected chi connectivity index (χ4v) is 3.78. The molecule has 0 aliphatic carbocycles. The molecule has 0 unspecified atom stereocenters. The lowest BCUT2D eigenvalue weighted by Crippen LogP contribution is -2.51. The van der Waals surface area contributed by atoms with E-state index in [1.54, 1.807) is 11.8 Å². The Bertz CT molecular complexity index is 308. The van der Waals surface area contributed by atoms with Gasteiger partial charge in [-0.05, 0) is 31.9 Å². The van der Waals surface area contributed by atoms with Gasteiger partial charge in [0.1, 0.15) is 0 Å². The lowest BCUT2D eigenvalue weighted by Gasteiger charge is -2.41. The lowest BCUT2D eigenvalue weighted by molar-refractivity contribution is -0.136. The van der Waals surface area contributed by atoms with Gasteiger partial charge in [0.25, 0.3) is 0 Å². The van der Waals surface area contributed by atoms with E-state index in [4.69, 9.17) is 18.0 Å². The Balaban J connectivity index is 2.63. The summed E-state index contributed by atoms with van der Waals surface area (Å²) < 4.78 is -0.0972. The summed E-state index contributed by atoms with van der Waals surface area (Å²) >= 11 is 6.91. The molecule has 0 spiro atoms. The molecule has 3 nitrogen and oxygen atoms in total. The highest BCUT2D eigenvalue weighted by Gasteiger charge is 2.38. The zero-order valence-electron chi connectivity index (χ0n) is 11.6. The van der Waals surface area contributed by atoms with E-state index in [1.807, 2.05) is 4.90 Å². The van der Waals surface area contributed by atoms with Gasteiger partial charge in [-0.2, -0.15) is 11.8 Å². The van der Waals surface area contributed by atoms with E-state index in [0.717, 1.165) is 38.8 Å². The van der Waals surface area contributed by atoms with Crippen molar-refractivity contribution in [3.05, 3.63) is 0 Å². The van der Waals surface area contributed by atoms with E-state index >= 15 is 0 Å². The molecule has 1 aliphatic heterocycles. The average Bonchev–Trinajstić information content (AvgIpc) is 2.39. The van der Waals surface area contributed by atoms with Crippen LogP contribution in [0.3, 0.4) is 0 Å². The number of likely N-dealkylation sites (tertiary alicyclic amines) is 1. The first-order valence-corrected chi connectivity index (χ1v) is 8.27. The zero-order chi connectivity index (χ0) is 13.8. The smallest absolute Gasteiger partial charge is 0.225 e. The van der Waals surface area contributed by atoms with E-state index in [9.17, 15) is 4.79 Å². The number of carbonyl (C=O) groups excluding carboxylic acids is 1. The van der Waals surface area contributed by atoms with Gasteiger partial charge in [0.05, 0.1) is 9.74 Å². The van der Waals surface area contributed by atoms with Crippen LogP contribution in [0.2, 0.25) is 0 Å². The topological polar surface area (TPSA) is 46.3 Å². The maximum absolute atomic E-state index is 12.3. The molecule has 1 amide bonds. The van der Waals surface area contributed by atoms with Gasteiger partial charge >= 0.3 is 0 Å². The number of thioether (sulfide) groups is 1. The number of hydrogen-bond acceptors (Lipinski definition) is 3. The number of nitrogens with zero attached hydrogens (tertiary/aromatic N) is 1. The molecular weight excluding hydrogens is 264 g/mol. The Labute approximate surface area is 120 Å². The van der Waals surface area contributed by atoms with Crippen molar-refractivity contribution in [3.8, 4) is 0 Å². The molecule has 1 saturated heterocycles. The maximum Gasteiger partial charge on any atom is 0.225 e. The van der Waals surface area contributed by atoms with Crippen LogP contribution in [0.1, 0.15) is 39.5 Å². The number of hydrogen-bond donors (Lipinski definition) is 1. The van der Waals surface area contributed by atoms with Crippen molar-refractivity contribution in [1.29, 1.82) is 0 Å². The van der Waals surface area contributed by atoms with Crippen molar-refractivity contribution >= 4 is 34.9 Å². The molecule has 1 rings (SSSR count). The molecule has 0 radical (unpaired) electrons. The number of nitrogens with two attached hydrogens (primary N) is 1. The van der Waals surface area contributed by atoms with E-state index in [2.05, 4.69) is 20.1 Å². The monoisotopic (exact) mass is 288 g/mol. The van der Waals surface area contributed by atoms with Crippen LogP contribution in [0.25, 0.3) is 0 Å². The van der Waals surface area contributed by atoms with Crippen LogP contribution in [0, 0.1) is 5.92 Å². The number of carbonyl (C=O) groups is 1. The predicted octanol–water partition coefficient (Wildman–Crippen LogP) is 2.43. The second-order valence-corrected chi connectivity index (χ2v) is 6.53. The minimum Gasteiger partial charge on any atom is -0.392 e. The maximum atomic E-state index is 12.3. The number of amides is 1. The van der Waals surface area contributed by atoms with Crippen LogP contribution in [0.15, 0.2) is 0 Å². The second kappa shape index (κ2) is 6.75. The molecule has 18 heavy (non-hydrogen) atoms. The molecule has 104 valence electrons. The van der Waals surface area contributed by atoms with Crippen LogP contribution in [-0.2, 0) is 4.79 Å². The minimum atomic E-state index is -0.0972. The third kappa shape index (κ3) is 3.18. The van der Waals surface area contributed by atoms with Gasteiger partial charge in [0, 0.05) is 19.0 Å². The summed E-state index contributed by atoms with van der Waals surface area (Å²) in [6.45, 7) is 5.73. The van der Waals surface area contributed by atoms with Crippen LogP contribution in [0.5, 0.6) is 0 Å². The van der Waals surface area contributed by atoms with Crippen molar-refractivity contribution in [3.63, 3.8) is 0 Å². The van der Waals surface area contributed by atoms with Crippen LogP contribution >= 0.6 is 24.0 Å². The fraction of sp³-hybridized carbons (Fsp3) is 0.846. The summed E-state index contributed by atoms with van der Waals surface area (Å²) in [7, 11) is 0. The Morgan fingerprint density at radius 1 is 1.39 bits per heavy atom. The molecule has 1 aliphatic rings.